The standard InChI is InChI=1S/C14H15NO4S/c16-8-9-20-11-5-3-10(4-6-11)13(17)15-7-1-2-12(15)14(18)19/h1-6,12,16H,7-9H2,(H,18,19). The maximum atomic E-state index is 12.3. The Labute approximate surface area is 120 Å². The van der Waals surface area contributed by atoms with E-state index in [1.807, 2.05) is 0 Å². The molecule has 0 spiro atoms. The molecule has 1 unspecified atom stereocenters. The summed E-state index contributed by atoms with van der Waals surface area (Å²) < 4.78 is 0. The third-order valence-electron chi connectivity index (χ3n) is 2.93. The molecular formula is C14H15NO4S. The number of rotatable bonds is 5. The molecule has 0 aliphatic carbocycles. The van der Waals surface area contributed by atoms with Gasteiger partial charge in [-0.05, 0) is 24.3 Å². The number of carboxylic acid groups (broad SMARTS) is 1. The third kappa shape index (κ3) is 3.20. The predicted octanol–water partition coefficient (Wildman–Crippen LogP) is 1.24. The molecule has 1 aliphatic heterocycles. The van der Waals surface area contributed by atoms with Crippen molar-refractivity contribution < 1.29 is 19.8 Å². The summed E-state index contributed by atoms with van der Waals surface area (Å²) in [5, 5.41) is 17.8. The second-order valence-electron chi connectivity index (χ2n) is 4.27. The number of thioether (sulfide) groups is 1. The van der Waals surface area contributed by atoms with Crippen LogP contribution in [-0.4, -0.2) is 51.9 Å². The molecule has 0 bridgehead atoms. The summed E-state index contributed by atoms with van der Waals surface area (Å²) in [6.07, 6.45) is 3.20. The minimum atomic E-state index is -1.03. The van der Waals surface area contributed by atoms with Gasteiger partial charge in [-0.1, -0.05) is 12.2 Å². The van der Waals surface area contributed by atoms with Gasteiger partial charge in [-0.25, -0.2) is 4.79 Å². The molecule has 2 rings (SSSR count). The zero-order valence-corrected chi connectivity index (χ0v) is 11.5. The number of hydrogen-bond acceptors (Lipinski definition) is 4. The fourth-order valence-electron chi connectivity index (χ4n) is 1.97. The van der Waals surface area contributed by atoms with Gasteiger partial charge in [0.25, 0.3) is 5.91 Å². The molecule has 20 heavy (non-hydrogen) atoms. The Balaban J connectivity index is 2.07. The van der Waals surface area contributed by atoms with Gasteiger partial charge >= 0.3 is 5.97 Å². The smallest absolute Gasteiger partial charge is 0.330 e. The van der Waals surface area contributed by atoms with Crippen molar-refractivity contribution in [2.45, 2.75) is 10.9 Å². The average molecular weight is 293 g/mol. The van der Waals surface area contributed by atoms with Gasteiger partial charge in [-0.2, -0.15) is 0 Å². The van der Waals surface area contributed by atoms with E-state index in [1.54, 1.807) is 30.3 Å². The van der Waals surface area contributed by atoms with Crippen molar-refractivity contribution in [1.82, 2.24) is 4.90 Å². The fourth-order valence-corrected chi connectivity index (χ4v) is 2.62. The molecule has 1 atom stereocenters. The molecule has 0 aromatic heterocycles. The van der Waals surface area contributed by atoms with E-state index in [9.17, 15) is 9.59 Å². The Morgan fingerprint density at radius 2 is 2.00 bits per heavy atom. The van der Waals surface area contributed by atoms with E-state index >= 15 is 0 Å². The van der Waals surface area contributed by atoms with Crippen LogP contribution in [0.3, 0.4) is 0 Å². The highest BCUT2D eigenvalue weighted by Gasteiger charge is 2.30. The zero-order valence-electron chi connectivity index (χ0n) is 10.7. The summed E-state index contributed by atoms with van der Waals surface area (Å²) in [6.45, 7) is 0.419. The number of carbonyl (C=O) groups is 2. The van der Waals surface area contributed by atoms with Crippen LogP contribution in [0.1, 0.15) is 10.4 Å². The summed E-state index contributed by atoms with van der Waals surface area (Å²) >= 11 is 1.50. The number of aliphatic hydroxyl groups is 1. The van der Waals surface area contributed by atoms with E-state index in [2.05, 4.69) is 0 Å². The molecule has 1 aromatic rings. The minimum Gasteiger partial charge on any atom is -0.479 e. The molecule has 1 aliphatic rings. The molecule has 0 saturated carbocycles. The van der Waals surface area contributed by atoms with Gasteiger partial charge < -0.3 is 15.1 Å². The predicted molar refractivity (Wildman–Crippen MR) is 75.9 cm³/mol. The highest BCUT2D eigenvalue weighted by atomic mass is 32.2. The molecule has 1 amide bonds. The quantitative estimate of drug-likeness (QED) is 0.631. The maximum Gasteiger partial charge on any atom is 0.330 e. The van der Waals surface area contributed by atoms with Gasteiger partial charge in [0.2, 0.25) is 0 Å². The van der Waals surface area contributed by atoms with Crippen molar-refractivity contribution in [1.29, 1.82) is 0 Å². The Morgan fingerprint density at radius 3 is 2.60 bits per heavy atom. The SMILES string of the molecule is O=C(O)C1C=CCN1C(=O)c1ccc(SCCO)cc1. The Morgan fingerprint density at radius 1 is 1.30 bits per heavy atom. The number of amides is 1. The minimum absolute atomic E-state index is 0.102. The molecule has 2 N–H and O–H groups in total. The monoisotopic (exact) mass is 293 g/mol. The number of carboxylic acids is 1. The number of benzene rings is 1. The van der Waals surface area contributed by atoms with Gasteiger partial charge in [0.15, 0.2) is 0 Å². The van der Waals surface area contributed by atoms with Crippen molar-refractivity contribution in [2.24, 2.45) is 0 Å². The third-order valence-corrected chi connectivity index (χ3v) is 3.92. The van der Waals surface area contributed by atoms with Crippen LogP contribution in [0.2, 0.25) is 0 Å². The van der Waals surface area contributed by atoms with Crippen LogP contribution in [0, 0.1) is 0 Å². The highest BCUT2D eigenvalue weighted by Crippen LogP contribution is 2.20. The van der Waals surface area contributed by atoms with Gasteiger partial charge in [0.05, 0.1) is 6.61 Å². The fraction of sp³-hybridized carbons (Fsp3) is 0.286. The molecule has 0 saturated heterocycles. The molecule has 5 nitrogen and oxygen atoms in total. The van der Waals surface area contributed by atoms with Crippen LogP contribution in [0.25, 0.3) is 0 Å². The first-order valence-corrected chi connectivity index (χ1v) is 7.16. The van der Waals surface area contributed by atoms with Crippen LogP contribution < -0.4 is 0 Å². The summed E-state index contributed by atoms with van der Waals surface area (Å²) in [6, 6.07) is 6.07. The van der Waals surface area contributed by atoms with Crippen molar-refractivity contribution in [3.63, 3.8) is 0 Å². The van der Waals surface area contributed by atoms with E-state index in [4.69, 9.17) is 10.2 Å². The molecular weight excluding hydrogens is 278 g/mol. The lowest BCUT2D eigenvalue weighted by Gasteiger charge is -2.21. The van der Waals surface area contributed by atoms with E-state index in [-0.39, 0.29) is 12.5 Å². The zero-order chi connectivity index (χ0) is 14.5. The maximum absolute atomic E-state index is 12.3. The van der Waals surface area contributed by atoms with Gasteiger partial charge in [-0.3, -0.25) is 4.79 Å². The van der Waals surface area contributed by atoms with Gasteiger partial charge in [0.1, 0.15) is 6.04 Å². The largest absolute Gasteiger partial charge is 0.479 e. The normalized spacial score (nSPS) is 17.4. The summed E-state index contributed by atoms with van der Waals surface area (Å²) in [4.78, 5) is 25.6. The molecule has 0 radical (unpaired) electrons. The number of aliphatic carboxylic acids is 1. The van der Waals surface area contributed by atoms with Crippen LogP contribution in [0.15, 0.2) is 41.3 Å². The highest BCUT2D eigenvalue weighted by molar-refractivity contribution is 7.99. The Kier molecular flexibility index (Phi) is 4.81. The first kappa shape index (κ1) is 14.6. The van der Waals surface area contributed by atoms with E-state index in [0.29, 0.717) is 17.9 Å². The average Bonchev–Trinajstić information content (AvgIpc) is 2.94. The second kappa shape index (κ2) is 6.58. The summed E-state index contributed by atoms with van der Waals surface area (Å²) in [5.41, 5.74) is 0.466. The van der Waals surface area contributed by atoms with E-state index < -0.39 is 12.0 Å². The van der Waals surface area contributed by atoms with Crippen LogP contribution in [0.5, 0.6) is 0 Å². The van der Waals surface area contributed by atoms with Crippen molar-refractivity contribution in [3.8, 4) is 0 Å². The number of nitrogens with zero attached hydrogens (tertiary/aromatic N) is 1. The molecule has 1 heterocycles. The number of aliphatic hydroxyl groups excluding tert-OH is 1. The molecule has 6 heteroatoms. The first-order valence-electron chi connectivity index (χ1n) is 6.17. The van der Waals surface area contributed by atoms with E-state index in [0.717, 1.165) is 4.90 Å². The second-order valence-corrected chi connectivity index (χ2v) is 5.43. The lowest BCUT2D eigenvalue weighted by atomic mass is 10.2. The first-order chi connectivity index (χ1) is 9.63. The summed E-state index contributed by atoms with van der Waals surface area (Å²) in [5.74, 6) is -0.715. The van der Waals surface area contributed by atoms with Crippen molar-refractivity contribution in [3.05, 3.63) is 42.0 Å². The van der Waals surface area contributed by atoms with Crippen molar-refractivity contribution >= 4 is 23.6 Å². The summed E-state index contributed by atoms with van der Waals surface area (Å²) in [7, 11) is 0. The van der Waals surface area contributed by atoms with Crippen molar-refractivity contribution in [2.75, 3.05) is 18.9 Å². The Hall–Kier alpha value is -1.79. The van der Waals surface area contributed by atoms with Crippen LogP contribution >= 0.6 is 11.8 Å². The topological polar surface area (TPSA) is 77.8 Å². The number of carbonyl (C=O) groups excluding carboxylic acids is 1. The lowest BCUT2D eigenvalue weighted by molar-refractivity contribution is -0.140. The van der Waals surface area contributed by atoms with Crippen LogP contribution in [0.4, 0.5) is 0 Å². The van der Waals surface area contributed by atoms with Gasteiger partial charge in [-0.15, -0.1) is 11.8 Å². The van der Waals surface area contributed by atoms with Gasteiger partial charge in [0, 0.05) is 22.8 Å². The van der Waals surface area contributed by atoms with E-state index in [1.165, 1.54) is 22.7 Å². The van der Waals surface area contributed by atoms with Crippen LogP contribution in [-0.2, 0) is 4.79 Å². The molecule has 0 fully saturated rings. The lowest BCUT2D eigenvalue weighted by Crippen LogP contribution is -2.40. The number of hydrogen-bond donors (Lipinski definition) is 2. The molecule has 106 valence electrons. The molecule has 1 aromatic carbocycles. The Bertz CT molecular complexity index is 526.